The van der Waals surface area contributed by atoms with Crippen molar-refractivity contribution in [3.8, 4) is 11.4 Å². The molecule has 0 fully saturated rings. The fraction of sp³-hybridized carbons (Fsp3) is 0.222. The molecule has 3 aromatic rings. The van der Waals surface area contributed by atoms with Crippen LogP contribution in [0, 0.1) is 0 Å². The molecular weight excluding hydrogens is 805 g/mol. The molecule has 0 N–H and O–H groups in total. The normalized spacial score (nSPS) is 13.7. The van der Waals surface area contributed by atoms with Gasteiger partial charge in [-0.15, -0.1) is 0 Å². The standard InChI is InChI=1S/C18H14Cl6N3.6ClH.Sb/c1-2-3-4-12-9-26(17-13(21)5-10(19)6-14(17)22)25-27(12)18-15(23)7-11(20)8-16(18)24;;;;;;;/h5-9H,2-4H2,1H3;6*1H;/q+1;;;;;;;+5/p-6. The maximum absolute atomic E-state index is 6.41. The number of halogens is 12. The van der Waals surface area contributed by atoms with Gasteiger partial charge in [-0.25, -0.2) is 0 Å². The molecule has 0 saturated heterocycles. The molecule has 3 nitrogen and oxygen atoms in total. The van der Waals surface area contributed by atoms with Gasteiger partial charge in [0.25, 0.3) is 0 Å². The average molecular weight is 820 g/mol. The number of hydrogen-bond acceptors (Lipinski definition) is 1. The van der Waals surface area contributed by atoms with Crippen molar-refractivity contribution in [1.82, 2.24) is 9.90 Å². The fourth-order valence-electron chi connectivity index (χ4n) is 2.69. The Morgan fingerprint density at radius 1 is 0.765 bits per heavy atom. The molecule has 3 rings (SSSR count). The number of aromatic nitrogens is 3. The zero-order valence-corrected chi connectivity index (χ0v) is 28.5. The molecule has 0 atom stereocenters. The predicted molar refractivity (Wildman–Crippen MR) is 155 cm³/mol. The van der Waals surface area contributed by atoms with Crippen LogP contribution in [0.2, 0.25) is 30.1 Å². The molecule has 0 unspecified atom stereocenters. The monoisotopic (exact) mass is 813 g/mol. The zero-order valence-electron chi connectivity index (χ0n) is 16.8. The fourth-order valence-corrected chi connectivity index (χ4v) is 4.66. The number of benzene rings is 2. The average Bonchev–Trinajstić information content (AvgIpc) is 2.98. The Morgan fingerprint density at radius 3 is 1.59 bits per heavy atom. The molecule has 0 radical (unpaired) electrons. The van der Waals surface area contributed by atoms with Crippen LogP contribution in [0.15, 0.2) is 30.5 Å². The van der Waals surface area contributed by atoms with Crippen LogP contribution in [0.4, 0.5) is 0 Å². The van der Waals surface area contributed by atoms with E-state index in [1.807, 2.05) is 6.20 Å². The summed E-state index contributed by atoms with van der Waals surface area (Å²) in [5.41, 5.74) is 1.99. The Labute approximate surface area is 247 Å². The molecule has 34 heavy (non-hydrogen) atoms. The van der Waals surface area contributed by atoms with Gasteiger partial charge in [0, 0.05) is 16.5 Å². The Morgan fingerprint density at radius 2 is 1.18 bits per heavy atom. The van der Waals surface area contributed by atoms with E-state index < -0.39 is 9.14 Å². The van der Waals surface area contributed by atoms with Crippen LogP contribution in [0.5, 0.6) is 0 Å². The van der Waals surface area contributed by atoms with Crippen LogP contribution in [0.3, 0.4) is 0 Å². The third-order valence-electron chi connectivity index (χ3n) is 3.92. The van der Waals surface area contributed by atoms with Gasteiger partial charge in [-0.3, -0.25) is 0 Å². The second kappa shape index (κ2) is 11.5. The first-order chi connectivity index (χ1) is 15.3. The SMILES string of the molecule is CCCCc1c[n+](-c2c(Cl)cc(Cl)cc2Cl)nn1-c1c(Cl)cc(Cl)cc1Cl.[Cl][Sb-]([Cl])([Cl])([Cl])([Cl])[Cl]. The van der Waals surface area contributed by atoms with Crippen LogP contribution in [0.25, 0.3) is 11.4 Å². The summed E-state index contributed by atoms with van der Waals surface area (Å²) < 4.78 is 3.30. The molecule has 0 aliphatic heterocycles. The molecule has 2 aromatic carbocycles. The third-order valence-corrected chi connectivity index (χ3v) is 5.51. The molecule has 0 spiro atoms. The molecule has 0 saturated carbocycles. The number of rotatable bonds is 5. The molecule has 190 valence electrons. The molecule has 0 amide bonds. The summed E-state index contributed by atoms with van der Waals surface area (Å²) in [6.07, 6.45) is 4.62. The summed E-state index contributed by atoms with van der Waals surface area (Å²) in [5, 5.41) is 7.08. The van der Waals surface area contributed by atoms with Crippen molar-refractivity contribution in [2.75, 3.05) is 0 Å². The molecule has 0 aliphatic carbocycles. The van der Waals surface area contributed by atoms with E-state index in [1.54, 1.807) is 33.6 Å². The van der Waals surface area contributed by atoms with Gasteiger partial charge in [0.15, 0.2) is 23.3 Å². The molecular formula is C18H14Cl12N3Sb. The van der Waals surface area contributed by atoms with Crippen molar-refractivity contribution < 1.29 is 4.68 Å². The van der Waals surface area contributed by atoms with Gasteiger partial charge in [-0.1, -0.05) is 92.3 Å². The Bertz CT molecular complexity index is 1150. The van der Waals surface area contributed by atoms with Crippen LogP contribution in [-0.4, -0.2) is 19.0 Å². The van der Waals surface area contributed by atoms with Crippen molar-refractivity contribution in [1.29, 1.82) is 0 Å². The molecule has 1 aromatic heterocycles. The second-order valence-electron chi connectivity index (χ2n) is 6.86. The van der Waals surface area contributed by atoms with Crippen molar-refractivity contribution >= 4 is 132 Å². The third kappa shape index (κ3) is 10.9. The van der Waals surface area contributed by atoms with Crippen LogP contribution in [0.1, 0.15) is 25.5 Å². The van der Waals surface area contributed by atoms with Gasteiger partial charge in [0.1, 0.15) is 5.21 Å². The summed E-state index contributed by atoms with van der Waals surface area (Å²) in [7, 11) is 25.0. The van der Waals surface area contributed by atoms with E-state index in [4.69, 9.17) is 123 Å². The predicted octanol–water partition coefficient (Wildman–Crippen LogP) is 11.2. The Kier molecular flexibility index (Phi) is 10.9. The number of aryl methyl sites for hydroxylation is 1. The Balaban J connectivity index is 0.000000509. The van der Waals surface area contributed by atoms with E-state index in [-0.39, 0.29) is 0 Å². The summed E-state index contributed by atoms with van der Waals surface area (Å²) in [5.74, 6) is 0. The molecule has 16 heteroatoms. The van der Waals surface area contributed by atoms with Gasteiger partial charge >= 0.3 is 62.1 Å². The first-order valence-corrected chi connectivity index (χ1v) is 30.8. The number of unbranched alkanes of at least 4 members (excludes halogenated alkanes) is 1. The summed E-state index contributed by atoms with van der Waals surface area (Å²) >= 11 is 37.6. The zero-order chi connectivity index (χ0) is 26.1. The van der Waals surface area contributed by atoms with E-state index in [2.05, 4.69) is 12.1 Å². The van der Waals surface area contributed by atoms with Gasteiger partial charge in [-0.05, 0) is 30.7 Å². The minimum atomic E-state index is -5.42. The van der Waals surface area contributed by atoms with Crippen LogP contribution in [-0.2, 0) is 6.42 Å². The van der Waals surface area contributed by atoms with E-state index in [0.717, 1.165) is 25.0 Å². The van der Waals surface area contributed by atoms with Crippen LogP contribution >= 0.6 is 123 Å². The Hall–Kier alpha value is 1.88. The van der Waals surface area contributed by atoms with Gasteiger partial charge in [-0.2, -0.15) is 0 Å². The quantitative estimate of drug-likeness (QED) is 0.186. The number of nitrogens with zero attached hydrogens (tertiary/aromatic N) is 3. The maximum atomic E-state index is 6.41. The van der Waals surface area contributed by atoms with Crippen molar-refractivity contribution in [3.63, 3.8) is 0 Å². The molecule has 0 bridgehead atoms. The summed E-state index contributed by atoms with van der Waals surface area (Å²) in [4.78, 5) is 0. The van der Waals surface area contributed by atoms with E-state index >= 15 is 0 Å². The van der Waals surface area contributed by atoms with Gasteiger partial charge < -0.3 is 0 Å². The van der Waals surface area contributed by atoms with E-state index in [1.165, 1.54) is 0 Å². The van der Waals surface area contributed by atoms with Crippen molar-refractivity contribution in [3.05, 3.63) is 66.3 Å². The first-order valence-electron chi connectivity index (χ1n) is 9.14. The van der Waals surface area contributed by atoms with Gasteiger partial charge in [0.05, 0.1) is 20.1 Å². The molecule has 1 heterocycles. The summed E-state index contributed by atoms with van der Waals surface area (Å²) in [6, 6.07) is 6.49. The van der Waals surface area contributed by atoms with Crippen molar-refractivity contribution in [2.45, 2.75) is 26.2 Å². The minimum absolute atomic E-state index is 0.387. The van der Waals surface area contributed by atoms with Gasteiger partial charge in [0.2, 0.25) is 0 Å². The van der Waals surface area contributed by atoms with E-state index in [0.29, 0.717) is 41.5 Å². The summed E-state index contributed by atoms with van der Waals surface area (Å²) in [6.45, 7) is 2.12. The number of hydrogen-bond donors (Lipinski definition) is 0. The molecule has 0 aliphatic rings. The van der Waals surface area contributed by atoms with Crippen LogP contribution < -0.4 is 4.68 Å². The first kappa shape index (κ1) is 32.1. The van der Waals surface area contributed by atoms with Crippen molar-refractivity contribution in [2.24, 2.45) is 0 Å². The van der Waals surface area contributed by atoms with E-state index in [9.17, 15) is 0 Å². The topological polar surface area (TPSA) is 21.7 Å². The second-order valence-corrected chi connectivity index (χ2v) is 66.3.